The number of hydrogen-bond donors (Lipinski definition) is 1. The van der Waals surface area contributed by atoms with E-state index in [9.17, 15) is 14.3 Å². The summed E-state index contributed by atoms with van der Waals surface area (Å²) in [4.78, 5) is 22.4. The van der Waals surface area contributed by atoms with Crippen LogP contribution in [-0.2, 0) is 5.41 Å². The lowest BCUT2D eigenvalue weighted by atomic mass is 9.80. The zero-order chi connectivity index (χ0) is 19.6. The number of amides is 1. The third-order valence-corrected chi connectivity index (χ3v) is 5.42. The third-order valence-electron chi connectivity index (χ3n) is 5.42. The molecule has 1 aromatic heterocycles. The van der Waals surface area contributed by atoms with E-state index >= 15 is 0 Å². The molecule has 1 fully saturated rings. The van der Waals surface area contributed by atoms with Crippen molar-refractivity contribution in [3.8, 4) is 11.1 Å². The van der Waals surface area contributed by atoms with Crippen LogP contribution in [0.15, 0.2) is 67.3 Å². The van der Waals surface area contributed by atoms with Crippen molar-refractivity contribution in [2.24, 2.45) is 0 Å². The van der Waals surface area contributed by atoms with Crippen LogP contribution in [0.5, 0.6) is 0 Å². The van der Waals surface area contributed by atoms with Crippen molar-refractivity contribution < 1.29 is 14.3 Å². The lowest BCUT2D eigenvalue weighted by Gasteiger charge is -2.27. The van der Waals surface area contributed by atoms with Gasteiger partial charge in [-0.2, -0.15) is 0 Å². The zero-order valence-electron chi connectivity index (χ0n) is 15.3. The van der Waals surface area contributed by atoms with Crippen LogP contribution in [0.1, 0.15) is 22.3 Å². The van der Waals surface area contributed by atoms with Gasteiger partial charge in [0.05, 0.1) is 12.2 Å². The highest BCUT2D eigenvalue weighted by atomic mass is 19.1. The quantitative estimate of drug-likeness (QED) is 0.759. The van der Waals surface area contributed by atoms with Crippen molar-refractivity contribution in [1.82, 2.24) is 14.9 Å². The number of benzene rings is 2. The van der Waals surface area contributed by atoms with Crippen LogP contribution < -0.4 is 0 Å². The number of hydrogen-bond acceptors (Lipinski definition) is 4. The van der Waals surface area contributed by atoms with Gasteiger partial charge >= 0.3 is 0 Å². The number of rotatable bonds is 4. The average molecular weight is 377 g/mol. The lowest BCUT2D eigenvalue weighted by Crippen LogP contribution is -2.37. The van der Waals surface area contributed by atoms with Crippen molar-refractivity contribution in [2.45, 2.75) is 11.8 Å². The van der Waals surface area contributed by atoms with Gasteiger partial charge in [0, 0.05) is 36.5 Å². The van der Waals surface area contributed by atoms with E-state index in [1.165, 1.54) is 18.5 Å². The minimum absolute atomic E-state index is 0.0300. The number of carbonyl (C=O) groups is 1. The lowest BCUT2D eigenvalue weighted by molar-refractivity contribution is 0.0769. The van der Waals surface area contributed by atoms with E-state index < -0.39 is 11.2 Å². The van der Waals surface area contributed by atoms with Gasteiger partial charge in [-0.25, -0.2) is 14.4 Å². The fraction of sp³-hybridized carbons (Fsp3) is 0.227. The SMILES string of the molecule is O=C(c1ccc(-c2cncnc2)cc1F)N1CCC(CO)(c2ccccc2)C1. The third kappa shape index (κ3) is 3.27. The molecule has 0 bridgehead atoms. The molecule has 5 nitrogen and oxygen atoms in total. The van der Waals surface area contributed by atoms with Crippen LogP contribution in [0.25, 0.3) is 11.1 Å². The highest BCUT2D eigenvalue weighted by Gasteiger charge is 2.41. The molecule has 1 unspecified atom stereocenters. The van der Waals surface area contributed by atoms with E-state index in [4.69, 9.17) is 0 Å². The predicted molar refractivity (Wildman–Crippen MR) is 103 cm³/mol. The van der Waals surface area contributed by atoms with Gasteiger partial charge in [0.2, 0.25) is 0 Å². The summed E-state index contributed by atoms with van der Waals surface area (Å²) in [6, 6.07) is 14.2. The Balaban J connectivity index is 1.57. The summed E-state index contributed by atoms with van der Waals surface area (Å²) in [6.07, 6.45) is 5.24. The van der Waals surface area contributed by atoms with Gasteiger partial charge < -0.3 is 10.0 Å². The molecule has 1 aliphatic heterocycles. The van der Waals surface area contributed by atoms with Crippen LogP contribution >= 0.6 is 0 Å². The molecule has 1 atom stereocenters. The van der Waals surface area contributed by atoms with Crippen LogP contribution in [-0.4, -0.2) is 45.6 Å². The molecule has 2 heterocycles. The Kier molecular flexibility index (Phi) is 4.88. The van der Waals surface area contributed by atoms with Gasteiger partial charge in [0.25, 0.3) is 5.91 Å². The average Bonchev–Trinajstić information content (AvgIpc) is 3.20. The molecule has 1 aliphatic rings. The Morgan fingerprint density at radius 3 is 2.54 bits per heavy atom. The molecule has 1 saturated heterocycles. The molecule has 6 heteroatoms. The monoisotopic (exact) mass is 377 g/mol. The summed E-state index contributed by atoms with van der Waals surface area (Å²) in [7, 11) is 0. The van der Waals surface area contributed by atoms with Gasteiger partial charge in [-0.3, -0.25) is 4.79 Å². The highest BCUT2D eigenvalue weighted by Crippen LogP contribution is 2.35. The van der Waals surface area contributed by atoms with Crippen molar-refractivity contribution in [1.29, 1.82) is 0 Å². The minimum Gasteiger partial charge on any atom is -0.395 e. The second kappa shape index (κ2) is 7.48. The predicted octanol–water partition coefficient (Wildman–Crippen LogP) is 3.06. The van der Waals surface area contributed by atoms with E-state index in [1.54, 1.807) is 23.4 Å². The van der Waals surface area contributed by atoms with Crippen LogP contribution in [0, 0.1) is 5.82 Å². The van der Waals surface area contributed by atoms with Crippen LogP contribution in [0.4, 0.5) is 4.39 Å². The summed E-state index contributed by atoms with van der Waals surface area (Å²) in [5, 5.41) is 10.0. The van der Waals surface area contributed by atoms with Crippen molar-refractivity contribution >= 4 is 5.91 Å². The van der Waals surface area contributed by atoms with E-state index in [2.05, 4.69) is 9.97 Å². The first-order valence-corrected chi connectivity index (χ1v) is 9.13. The molecule has 3 aromatic rings. The Morgan fingerprint density at radius 2 is 1.86 bits per heavy atom. The number of nitrogens with zero attached hydrogens (tertiary/aromatic N) is 3. The van der Waals surface area contributed by atoms with Gasteiger partial charge in [0.15, 0.2) is 0 Å². The molecular formula is C22H20FN3O2. The number of aliphatic hydroxyl groups excluding tert-OH is 1. The second-order valence-electron chi connectivity index (χ2n) is 7.10. The highest BCUT2D eigenvalue weighted by molar-refractivity contribution is 5.95. The van der Waals surface area contributed by atoms with E-state index in [1.807, 2.05) is 30.3 Å². The first kappa shape index (κ1) is 18.3. The van der Waals surface area contributed by atoms with Gasteiger partial charge in [0.1, 0.15) is 12.1 Å². The molecule has 1 amide bonds. The Hall–Kier alpha value is -3.12. The standard InChI is InChI=1S/C22H20FN3O2/c23-20-10-16(17-11-24-15-25-12-17)6-7-19(20)21(28)26-9-8-22(13-26,14-27)18-4-2-1-3-5-18/h1-7,10-12,15,27H,8-9,13-14H2. The molecule has 0 aliphatic carbocycles. The number of aromatic nitrogens is 2. The summed E-state index contributed by atoms with van der Waals surface area (Å²) >= 11 is 0. The minimum atomic E-state index is -0.576. The van der Waals surface area contributed by atoms with Gasteiger partial charge in [-0.1, -0.05) is 36.4 Å². The summed E-state index contributed by atoms with van der Waals surface area (Å²) in [6.45, 7) is 0.776. The first-order chi connectivity index (χ1) is 13.6. The molecule has 28 heavy (non-hydrogen) atoms. The topological polar surface area (TPSA) is 66.3 Å². The molecule has 0 saturated carbocycles. The fourth-order valence-electron chi connectivity index (χ4n) is 3.78. The fourth-order valence-corrected chi connectivity index (χ4v) is 3.78. The van der Waals surface area contributed by atoms with E-state index in [0.29, 0.717) is 30.6 Å². The van der Waals surface area contributed by atoms with E-state index in [0.717, 1.165) is 5.56 Å². The molecule has 0 radical (unpaired) electrons. The van der Waals surface area contributed by atoms with Crippen molar-refractivity contribution in [3.63, 3.8) is 0 Å². The molecule has 142 valence electrons. The number of halogens is 1. The smallest absolute Gasteiger partial charge is 0.256 e. The summed E-state index contributed by atoms with van der Waals surface area (Å²) < 4.78 is 14.7. The molecular weight excluding hydrogens is 357 g/mol. The first-order valence-electron chi connectivity index (χ1n) is 9.13. The van der Waals surface area contributed by atoms with Crippen molar-refractivity contribution in [3.05, 3.63) is 84.2 Å². The molecule has 4 rings (SSSR count). The molecule has 0 spiro atoms. The van der Waals surface area contributed by atoms with E-state index in [-0.39, 0.29) is 18.1 Å². The molecule has 1 N–H and O–H groups in total. The summed E-state index contributed by atoms with van der Waals surface area (Å²) in [5.41, 5.74) is 1.82. The van der Waals surface area contributed by atoms with Crippen LogP contribution in [0.3, 0.4) is 0 Å². The maximum Gasteiger partial charge on any atom is 0.256 e. The normalized spacial score (nSPS) is 19.0. The van der Waals surface area contributed by atoms with Crippen molar-refractivity contribution in [2.75, 3.05) is 19.7 Å². The Bertz CT molecular complexity index is 982. The van der Waals surface area contributed by atoms with Gasteiger partial charge in [-0.15, -0.1) is 0 Å². The maximum atomic E-state index is 14.7. The maximum absolute atomic E-state index is 14.7. The molecule has 2 aromatic carbocycles. The number of aliphatic hydroxyl groups is 1. The Morgan fingerprint density at radius 1 is 1.11 bits per heavy atom. The number of likely N-dealkylation sites (tertiary alicyclic amines) is 1. The number of carbonyl (C=O) groups excluding carboxylic acids is 1. The van der Waals surface area contributed by atoms with Gasteiger partial charge in [-0.05, 0) is 29.7 Å². The Labute approximate surface area is 162 Å². The second-order valence-corrected chi connectivity index (χ2v) is 7.10. The van der Waals surface area contributed by atoms with Crippen LogP contribution in [0.2, 0.25) is 0 Å². The summed E-state index contributed by atoms with van der Waals surface area (Å²) in [5.74, 6) is -0.938. The largest absolute Gasteiger partial charge is 0.395 e. The zero-order valence-corrected chi connectivity index (χ0v) is 15.3.